The lowest BCUT2D eigenvalue weighted by atomic mass is 10.1. The molecule has 1 aromatic rings. The number of thiophene rings is 1. The van der Waals surface area contributed by atoms with Crippen molar-refractivity contribution in [2.24, 2.45) is 0 Å². The molecule has 6 nitrogen and oxygen atoms in total. The van der Waals surface area contributed by atoms with Crippen molar-refractivity contribution in [1.29, 1.82) is 0 Å². The van der Waals surface area contributed by atoms with E-state index in [0.717, 1.165) is 24.1 Å². The highest BCUT2D eigenvalue weighted by molar-refractivity contribution is 7.16. The summed E-state index contributed by atoms with van der Waals surface area (Å²) < 4.78 is 5.26. The SMILES string of the molecule is COC1CCC(NC(=O)Nc2sc(C)c(C)c2C(=O)O)C1. The molecular weight excluding hydrogens is 292 g/mol. The van der Waals surface area contributed by atoms with Crippen LogP contribution in [0.2, 0.25) is 0 Å². The fourth-order valence-electron chi connectivity index (χ4n) is 2.58. The topological polar surface area (TPSA) is 87.7 Å². The molecule has 2 atom stereocenters. The van der Waals surface area contributed by atoms with E-state index in [-0.39, 0.29) is 23.7 Å². The van der Waals surface area contributed by atoms with Gasteiger partial charge in [0.2, 0.25) is 0 Å². The van der Waals surface area contributed by atoms with Crippen LogP contribution in [-0.2, 0) is 4.74 Å². The number of carboxylic acid groups (broad SMARTS) is 1. The van der Waals surface area contributed by atoms with Crippen molar-refractivity contribution in [2.45, 2.75) is 45.3 Å². The molecule has 7 heteroatoms. The van der Waals surface area contributed by atoms with E-state index in [9.17, 15) is 14.7 Å². The van der Waals surface area contributed by atoms with Crippen molar-refractivity contribution in [3.05, 3.63) is 16.0 Å². The maximum atomic E-state index is 12.0. The molecule has 0 radical (unpaired) electrons. The van der Waals surface area contributed by atoms with E-state index in [1.165, 1.54) is 11.3 Å². The number of anilines is 1. The summed E-state index contributed by atoms with van der Waals surface area (Å²) in [6, 6.07) is -0.286. The highest BCUT2D eigenvalue weighted by Gasteiger charge is 2.26. The van der Waals surface area contributed by atoms with Gasteiger partial charge in [-0.15, -0.1) is 11.3 Å². The van der Waals surface area contributed by atoms with Crippen LogP contribution in [0.15, 0.2) is 0 Å². The van der Waals surface area contributed by atoms with E-state index in [1.54, 1.807) is 14.0 Å². The number of urea groups is 1. The second-order valence-electron chi connectivity index (χ2n) is 5.26. The Balaban J connectivity index is 2.00. The molecule has 2 unspecified atom stereocenters. The number of carboxylic acids is 1. The van der Waals surface area contributed by atoms with Crippen LogP contribution in [-0.4, -0.2) is 36.4 Å². The molecule has 1 aliphatic carbocycles. The van der Waals surface area contributed by atoms with Gasteiger partial charge in [0.1, 0.15) is 5.00 Å². The molecule has 2 amide bonds. The summed E-state index contributed by atoms with van der Waals surface area (Å²) in [5, 5.41) is 15.2. The first kappa shape index (κ1) is 15.8. The number of carbonyl (C=O) groups is 2. The molecule has 3 N–H and O–H groups in total. The van der Waals surface area contributed by atoms with Crippen LogP contribution in [0.25, 0.3) is 0 Å². The Bertz CT molecular complexity index is 555. The van der Waals surface area contributed by atoms with E-state index < -0.39 is 5.97 Å². The highest BCUT2D eigenvalue weighted by atomic mass is 32.1. The summed E-state index contributed by atoms with van der Waals surface area (Å²) in [7, 11) is 1.67. The van der Waals surface area contributed by atoms with E-state index in [0.29, 0.717) is 10.6 Å². The molecule has 116 valence electrons. The first-order valence-electron chi connectivity index (χ1n) is 6.86. The van der Waals surface area contributed by atoms with Crippen molar-refractivity contribution < 1.29 is 19.4 Å². The third-order valence-corrected chi connectivity index (χ3v) is 5.00. The van der Waals surface area contributed by atoms with Gasteiger partial charge >= 0.3 is 12.0 Å². The first-order chi connectivity index (χ1) is 9.92. The van der Waals surface area contributed by atoms with Crippen molar-refractivity contribution in [3.63, 3.8) is 0 Å². The van der Waals surface area contributed by atoms with Crippen LogP contribution in [0.5, 0.6) is 0 Å². The Morgan fingerprint density at radius 2 is 2.05 bits per heavy atom. The highest BCUT2D eigenvalue weighted by Crippen LogP contribution is 2.32. The second kappa shape index (κ2) is 6.44. The molecule has 0 aromatic carbocycles. The molecular formula is C14H20N2O4S. The minimum atomic E-state index is -1.02. The largest absolute Gasteiger partial charge is 0.478 e. The van der Waals surface area contributed by atoms with Gasteiger partial charge in [0.25, 0.3) is 0 Å². The molecule has 2 rings (SSSR count). The van der Waals surface area contributed by atoms with Crippen molar-refractivity contribution in [2.75, 3.05) is 12.4 Å². The summed E-state index contributed by atoms with van der Waals surface area (Å²) in [6.45, 7) is 3.59. The van der Waals surface area contributed by atoms with Crippen molar-refractivity contribution >= 4 is 28.3 Å². The standard InChI is InChI=1S/C14H20N2O4S/c1-7-8(2)21-12(11(7)13(17)18)16-14(19)15-9-4-5-10(6-9)20-3/h9-10H,4-6H2,1-3H3,(H,17,18)(H2,15,16,19). The van der Waals surface area contributed by atoms with Gasteiger partial charge in [0.15, 0.2) is 0 Å². The third-order valence-electron chi connectivity index (χ3n) is 3.88. The average molecular weight is 312 g/mol. The van der Waals surface area contributed by atoms with Crippen molar-refractivity contribution in [3.8, 4) is 0 Å². The number of amides is 2. The summed E-state index contributed by atoms with van der Waals surface area (Å²) in [5.74, 6) is -1.02. The zero-order chi connectivity index (χ0) is 15.6. The normalized spacial score (nSPS) is 21.3. The van der Waals surface area contributed by atoms with Gasteiger partial charge in [-0.3, -0.25) is 5.32 Å². The Hall–Kier alpha value is -1.60. The molecule has 0 bridgehead atoms. The van der Waals surface area contributed by atoms with Crippen LogP contribution >= 0.6 is 11.3 Å². The molecule has 0 aliphatic heterocycles. The molecule has 1 aliphatic rings. The number of rotatable bonds is 4. The summed E-state index contributed by atoms with van der Waals surface area (Å²) in [4.78, 5) is 24.2. The molecule has 1 aromatic heterocycles. The molecule has 0 saturated heterocycles. The lowest BCUT2D eigenvalue weighted by Gasteiger charge is -2.13. The zero-order valence-corrected chi connectivity index (χ0v) is 13.2. The Morgan fingerprint density at radius 1 is 1.33 bits per heavy atom. The number of methoxy groups -OCH3 is 1. The molecule has 1 saturated carbocycles. The summed E-state index contributed by atoms with van der Waals surface area (Å²) in [5.41, 5.74) is 0.872. The van der Waals surface area contributed by atoms with Gasteiger partial charge < -0.3 is 15.2 Å². The smallest absolute Gasteiger partial charge is 0.338 e. The van der Waals surface area contributed by atoms with Gasteiger partial charge in [-0.1, -0.05) is 0 Å². The zero-order valence-electron chi connectivity index (χ0n) is 12.4. The third kappa shape index (κ3) is 3.54. The molecule has 21 heavy (non-hydrogen) atoms. The first-order valence-corrected chi connectivity index (χ1v) is 7.67. The summed E-state index contributed by atoms with van der Waals surface area (Å²) >= 11 is 1.28. The van der Waals surface area contributed by atoms with Crippen LogP contribution < -0.4 is 10.6 Å². The van der Waals surface area contributed by atoms with Crippen LogP contribution in [0.4, 0.5) is 9.80 Å². The van der Waals surface area contributed by atoms with Gasteiger partial charge in [-0.25, -0.2) is 9.59 Å². The van der Waals surface area contributed by atoms with E-state index in [4.69, 9.17) is 4.74 Å². The number of carbonyl (C=O) groups excluding carboxylic acids is 1. The van der Waals surface area contributed by atoms with Crippen LogP contribution in [0, 0.1) is 13.8 Å². The maximum Gasteiger partial charge on any atom is 0.338 e. The Kier molecular flexibility index (Phi) is 4.84. The van der Waals surface area contributed by atoms with Gasteiger partial charge in [-0.05, 0) is 38.7 Å². The van der Waals surface area contributed by atoms with Gasteiger partial charge in [0.05, 0.1) is 11.7 Å². The fraction of sp³-hybridized carbons (Fsp3) is 0.571. The van der Waals surface area contributed by atoms with Crippen LogP contribution in [0.1, 0.15) is 40.1 Å². The fourth-order valence-corrected chi connectivity index (χ4v) is 3.63. The van der Waals surface area contributed by atoms with Crippen molar-refractivity contribution in [1.82, 2.24) is 5.32 Å². The predicted molar refractivity (Wildman–Crippen MR) is 81.3 cm³/mol. The molecule has 1 heterocycles. The van der Waals surface area contributed by atoms with E-state index in [1.807, 2.05) is 6.92 Å². The molecule has 1 fully saturated rings. The predicted octanol–water partition coefficient (Wildman–Crippen LogP) is 2.75. The minimum absolute atomic E-state index is 0.0744. The maximum absolute atomic E-state index is 12.0. The quantitative estimate of drug-likeness (QED) is 0.797. The number of hydrogen-bond acceptors (Lipinski definition) is 4. The minimum Gasteiger partial charge on any atom is -0.478 e. The lowest BCUT2D eigenvalue weighted by Crippen LogP contribution is -2.36. The summed E-state index contributed by atoms with van der Waals surface area (Å²) in [6.07, 6.45) is 2.79. The van der Waals surface area contributed by atoms with E-state index in [2.05, 4.69) is 10.6 Å². The molecule has 0 spiro atoms. The number of ether oxygens (including phenoxy) is 1. The number of nitrogens with one attached hydrogen (secondary N) is 2. The number of hydrogen-bond donors (Lipinski definition) is 3. The lowest BCUT2D eigenvalue weighted by molar-refractivity contribution is 0.0697. The Labute approximate surface area is 127 Å². The van der Waals surface area contributed by atoms with Gasteiger partial charge in [-0.2, -0.15) is 0 Å². The Morgan fingerprint density at radius 3 is 2.62 bits per heavy atom. The average Bonchev–Trinajstić information content (AvgIpc) is 2.95. The van der Waals surface area contributed by atoms with E-state index >= 15 is 0 Å². The monoisotopic (exact) mass is 312 g/mol. The second-order valence-corrected chi connectivity index (χ2v) is 6.48. The van der Waals surface area contributed by atoms with Gasteiger partial charge in [0, 0.05) is 18.0 Å². The number of aromatic carboxylic acids is 1. The van der Waals surface area contributed by atoms with Crippen LogP contribution in [0.3, 0.4) is 0 Å². The number of aryl methyl sites for hydroxylation is 1.